The van der Waals surface area contributed by atoms with Gasteiger partial charge in [-0.3, -0.25) is 29.0 Å². The summed E-state index contributed by atoms with van der Waals surface area (Å²) in [6, 6.07) is 2.82. The maximum Gasteiger partial charge on any atom is 0.340 e. The van der Waals surface area contributed by atoms with E-state index in [9.17, 15) is 48.9 Å². The molecular weight excluding hydrogens is 734 g/mol. The zero-order valence-corrected chi connectivity index (χ0v) is 31.5. The highest BCUT2D eigenvalue weighted by atomic mass is 16.7. The van der Waals surface area contributed by atoms with E-state index in [2.05, 4.69) is 4.98 Å². The lowest BCUT2D eigenvalue weighted by Gasteiger charge is -2.67. The number of cyclic esters (lactones) is 1. The van der Waals surface area contributed by atoms with Crippen LogP contribution in [0.2, 0.25) is 0 Å². The number of carbonyl (C=O) groups is 7. The van der Waals surface area contributed by atoms with Crippen molar-refractivity contribution in [1.82, 2.24) is 4.98 Å². The third kappa shape index (κ3) is 6.69. The van der Waals surface area contributed by atoms with Gasteiger partial charge in [-0.15, -0.1) is 0 Å². The second-order valence-corrected chi connectivity index (χ2v) is 15.0. The molecule has 12 atom stereocenters. The first-order valence-electron chi connectivity index (χ1n) is 17.4. The van der Waals surface area contributed by atoms with Gasteiger partial charge in [0.1, 0.15) is 54.2 Å². The van der Waals surface area contributed by atoms with Gasteiger partial charge in [-0.25, -0.2) is 9.59 Å². The normalized spacial score (nSPS) is 39.5. The van der Waals surface area contributed by atoms with E-state index in [1.165, 1.54) is 25.3 Å². The van der Waals surface area contributed by atoms with Crippen LogP contribution < -0.4 is 0 Å². The molecule has 4 bridgehead atoms. The van der Waals surface area contributed by atoms with E-state index in [1.807, 2.05) is 0 Å². The highest BCUT2D eigenvalue weighted by Crippen LogP contribution is 2.70. The van der Waals surface area contributed by atoms with Crippen LogP contribution in [0.5, 0.6) is 0 Å². The summed E-state index contributed by atoms with van der Waals surface area (Å²) >= 11 is 0. The molecule has 2 aliphatic heterocycles. The minimum atomic E-state index is -2.89. The predicted octanol–water partition coefficient (Wildman–Crippen LogP) is -0.593. The molecule has 3 N–H and O–H groups in total. The van der Waals surface area contributed by atoms with E-state index in [0.29, 0.717) is 0 Å². The number of ether oxygens (including phenoxy) is 8. The fourth-order valence-electron chi connectivity index (χ4n) is 8.87. The van der Waals surface area contributed by atoms with Crippen LogP contribution in [0.15, 0.2) is 18.3 Å². The van der Waals surface area contributed by atoms with Crippen molar-refractivity contribution in [3.8, 4) is 0 Å². The van der Waals surface area contributed by atoms with Gasteiger partial charge in [-0.1, -0.05) is 0 Å². The number of aliphatic hydroxyl groups is 3. The maximum absolute atomic E-state index is 13.9. The third-order valence-electron chi connectivity index (χ3n) is 10.9. The monoisotopic (exact) mass is 779 g/mol. The Balaban J connectivity index is 1.95. The summed E-state index contributed by atoms with van der Waals surface area (Å²) < 4.78 is 47.4. The van der Waals surface area contributed by atoms with Gasteiger partial charge in [0.15, 0.2) is 23.4 Å². The number of aliphatic hydroxyl groups excluding tert-OH is 1. The van der Waals surface area contributed by atoms with Crippen molar-refractivity contribution in [2.24, 2.45) is 11.3 Å². The molecule has 2 aliphatic carbocycles. The molecule has 3 heterocycles. The van der Waals surface area contributed by atoms with Gasteiger partial charge in [-0.2, -0.15) is 0 Å². The predicted molar refractivity (Wildman–Crippen MR) is 177 cm³/mol. The van der Waals surface area contributed by atoms with Crippen LogP contribution in [0.1, 0.15) is 77.9 Å². The summed E-state index contributed by atoms with van der Waals surface area (Å²) in [5, 5.41) is 36.8. The van der Waals surface area contributed by atoms with Crippen molar-refractivity contribution in [2.75, 3.05) is 13.2 Å². The Morgan fingerprint density at radius 3 is 2.02 bits per heavy atom. The second-order valence-electron chi connectivity index (χ2n) is 15.0. The van der Waals surface area contributed by atoms with E-state index >= 15 is 0 Å². The van der Waals surface area contributed by atoms with Gasteiger partial charge < -0.3 is 53.2 Å². The third-order valence-corrected chi connectivity index (χ3v) is 10.9. The molecule has 3 fully saturated rings. The molecule has 4 aliphatic rings. The minimum Gasteiger partial charge on any atom is -0.465 e. The molecule has 2 saturated carbocycles. The van der Waals surface area contributed by atoms with Crippen LogP contribution in [0.3, 0.4) is 0 Å². The molecule has 19 heteroatoms. The first-order valence-corrected chi connectivity index (χ1v) is 17.4. The number of esters is 7. The Morgan fingerprint density at radius 2 is 1.44 bits per heavy atom. The Labute approximate surface area is 314 Å². The van der Waals surface area contributed by atoms with Crippen molar-refractivity contribution in [3.05, 3.63) is 29.6 Å². The number of aromatic nitrogens is 1. The maximum atomic E-state index is 13.9. The quantitative estimate of drug-likeness (QED) is 0.240. The zero-order chi connectivity index (χ0) is 41.1. The largest absolute Gasteiger partial charge is 0.465 e. The molecule has 1 aromatic heterocycles. The number of hydrogen-bond acceptors (Lipinski definition) is 19. The Kier molecular flexibility index (Phi) is 10.9. The second kappa shape index (κ2) is 14.4. The highest BCUT2D eigenvalue weighted by Gasteiger charge is 2.91. The van der Waals surface area contributed by atoms with Crippen molar-refractivity contribution in [1.29, 1.82) is 0 Å². The summed E-state index contributed by atoms with van der Waals surface area (Å²) in [5.41, 5.74) is -12.7. The van der Waals surface area contributed by atoms with Crippen LogP contribution in [0.4, 0.5) is 0 Å². The average Bonchev–Trinajstić information content (AvgIpc) is 3.29. The van der Waals surface area contributed by atoms with E-state index < -0.39 is 132 Å². The molecule has 1 saturated heterocycles. The fourth-order valence-corrected chi connectivity index (χ4v) is 8.87. The van der Waals surface area contributed by atoms with E-state index in [-0.39, 0.29) is 17.7 Å². The van der Waals surface area contributed by atoms with Gasteiger partial charge in [0.2, 0.25) is 0 Å². The molecule has 19 nitrogen and oxygen atoms in total. The lowest BCUT2D eigenvalue weighted by atomic mass is 9.45. The van der Waals surface area contributed by atoms with Crippen molar-refractivity contribution >= 4 is 41.8 Å². The molecule has 0 aromatic carbocycles. The Bertz CT molecular complexity index is 1780. The summed E-state index contributed by atoms with van der Waals surface area (Å²) in [7, 11) is 0. The standard InChI is InChI=1S/C36H45NO18/c1-16(38)48-15-35-28(52-19(4)41)24(43)27-34(8,47)36(35)26(51-18(3)40)23(25(50-17(2)39)29(35)53-20(5)42)33(7,55-36)14-49-30(44)21-10-9-13-37-22(21)11-12-32(6,46)31(45)54-27/h9-10,13,23-29,43,46-47H,11-12,14-15H2,1-8H3/t23-,24+,25-,26-,27+,28+,29-,32?,33+,34-,35+,36+/m1/s1. The summed E-state index contributed by atoms with van der Waals surface area (Å²) in [6.45, 7) is 6.46. The number of nitrogens with zero attached hydrogens (tertiary/aromatic N) is 1. The van der Waals surface area contributed by atoms with Crippen LogP contribution in [0.25, 0.3) is 0 Å². The molecule has 5 rings (SSSR count). The van der Waals surface area contributed by atoms with Crippen LogP contribution in [-0.2, 0) is 73.1 Å². The lowest BCUT2D eigenvalue weighted by Crippen LogP contribution is -2.89. The lowest BCUT2D eigenvalue weighted by molar-refractivity contribution is -0.387. The summed E-state index contributed by atoms with van der Waals surface area (Å²) in [6.07, 6.45) is -11.7. The number of carbonyl (C=O) groups excluding carboxylic acids is 7. The van der Waals surface area contributed by atoms with Crippen molar-refractivity contribution < 1.29 is 86.8 Å². The molecule has 1 spiro atoms. The van der Waals surface area contributed by atoms with E-state index in [4.69, 9.17) is 37.9 Å². The van der Waals surface area contributed by atoms with Gasteiger partial charge in [0.25, 0.3) is 0 Å². The SMILES string of the molecule is CC(=O)OC[C@]12[C@H](OC(C)=O)[C@H](OC(C)=O)[C@@H]3[C@@H](OC(C)=O)[C@@]14O[C@@]3(C)COC(=O)c1cccnc1CCC(C)(O)C(=O)O[C@@H]([C@H](O)[C@@H]2OC(C)=O)[C@@]4(C)O. The summed E-state index contributed by atoms with van der Waals surface area (Å²) in [5.74, 6) is -9.11. The van der Waals surface area contributed by atoms with Gasteiger partial charge >= 0.3 is 41.8 Å². The molecule has 1 unspecified atom stereocenters. The molecule has 55 heavy (non-hydrogen) atoms. The molecule has 0 amide bonds. The van der Waals surface area contributed by atoms with Crippen LogP contribution in [0, 0.1) is 11.3 Å². The smallest absolute Gasteiger partial charge is 0.340 e. The molecule has 1 aromatic rings. The minimum absolute atomic E-state index is 0.0737. The van der Waals surface area contributed by atoms with E-state index in [0.717, 1.165) is 48.5 Å². The number of pyridine rings is 1. The van der Waals surface area contributed by atoms with Crippen molar-refractivity contribution in [3.63, 3.8) is 0 Å². The molecule has 302 valence electrons. The number of fused-ring (bicyclic) bond motifs is 5. The zero-order valence-electron chi connectivity index (χ0n) is 31.5. The van der Waals surface area contributed by atoms with Gasteiger partial charge in [0.05, 0.1) is 17.2 Å². The fraction of sp³-hybridized carbons (Fsp3) is 0.667. The van der Waals surface area contributed by atoms with Crippen molar-refractivity contribution in [2.45, 2.75) is 127 Å². The average molecular weight is 780 g/mol. The number of rotatable bonds is 6. The van der Waals surface area contributed by atoms with Gasteiger partial charge in [0, 0.05) is 40.8 Å². The Morgan fingerprint density at radius 1 is 0.855 bits per heavy atom. The first kappa shape index (κ1) is 41.4. The van der Waals surface area contributed by atoms with Crippen LogP contribution >= 0.6 is 0 Å². The number of aryl methyl sites for hydroxylation is 1. The van der Waals surface area contributed by atoms with E-state index in [1.54, 1.807) is 0 Å². The Hall–Kier alpha value is -4.72. The van der Waals surface area contributed by atoms with Gasteiger partial charge in [-0.05, 0) is 45.7 Å². The molecule has 0 radical (unpaired) electrons. The van der Waals surface area contributed by atoms with Crippen LogP contribution in [-0.4, -0.2) is 134 Å². The molecular formula is C36H45NO18. The number of hydrogen-bond donors (Lipinski definition) is 3. The highest BCUT2D eigenvalue weighted by molar-refractivity contribution is 5.90. The first-order chi connectivity index (χ1) is 25.5. The topological polar surface area (TPSA) is 267 Å². The summed E-state index contributed by atoms with van der Waals surface area (Å²) in [4.78, 5) is 96.7.